The first-order valence-electron chi connectivity index (χ1n) is 4.68. The van der Waals surface area contributed by atoms with Gasteiger partial charge in [-0.25, -0.2) is 4.79 Å². The summed E-state index contributed by atoms with van der Waals surface area (Å²) in [6, 6.07) is 12.9. The SMILES string of the molecule is Cc1cc(Nc2ccccc2)cc(=O)o1. The average Bonchev–Trinajstić information content (AvgIpc) is 2.17. The van der Waals surface area contributed by atoms with Gasteiger partial charge in [-0.15, -0.1) is 0 Å². The molecule has 0 saturated carbocycles. The van der Waals surface area contributed by atoms with E-state index in [1.807, 2.05) is 30.3 Å². The molecule has 76 valence electrons. The van der Waals surface area contributed by atoms with Crippen molar-refractivity contribution in [3.8, 4) is 0 Å². The van der Waals surface area contributed by atoms with E-state index in [-0.39, 0.29) is 5.63 Å². The van der Waals surface area contributed by atoms with Crippen molar-refractivity contribution in [1.29, 1.82) is 0 Å². The highest BCUT2D eigenvalue weighted by atomic mass is 16.4. The smallest absolute Gasteiger partial charge is 0.337 e. The molecular formula is C12H11NO2. The Kier molecular flexibility index (Phi) is 2.54. The molecule has 1 aromatic carbocycles. The van der Waals surface area contributed by atoms with Crippen LogP contribution in [0.5, 0.6) is 0 Å². The summed E-state index contributed by atoms with van der Waals surface area (Å²) in [6.07, 6.45) is 0. The fraction of sp³-hybridized carbons (Fsp3) is 0.0833. The van der Waals surface area contributed by atoms with Crippen LogP contribution < -0.4 is 10.9 Å². The molecule has 1 heterocycles. The van der Waals surface area contributed by atoms with Crippen LogP contribution in [0, 0.1) is 6.92 Å². The van der Waals surface area contributed by atoms with E-state index in [0.29, 0.717) is 5.76 Å². The molecule has 2 aromatic rings. The van der Waals surface area contributed by atoms with Gasteiger partial charge in [0.25, 0.3) is 0 Å². The Morgan fingerprint density at radius 3 is 2.47 bits per heavy atom. The maximum Gasteiger partial charge on any atom is 0.337 e. The number of aryl methyl sites for hydroxylation is 1. The second kappa shape index (κ2) is 4.00. The molecule has 0 radical (unpaired) electrons. The number of anilines is 2. The lowest BCUT2D eigenvalue weighted by molar-refractivity contribution is 0.481. The summed E-state index contributed by atoms with van der Waals surface area (Å²) in [7, 11) is 0. The predicted molar refractivity (Wildman–Crippen MR) is 59.4 cm³/mol. The van der Waals surface area contributed by atoms with E-state index in [0.717, 1.165) is 11.4 Å². The van der Waals surface area contributed by atoms with Crippen molar-refractivity contribution >= 4 is 11.4 Å². The lowest BCUT2D eigenvalue weighted by atomic mass is 10.3. The van der Waals surface area contributed by atoms with Crippen LogP contribution in [0.4, 0.5) is 11.4 Å². The zero-order valence-electron chi connectivity index (χ0n) is 8.36. The van der Waals surface area contributed by atoms with Gasteiger partial charge in [0, 0.05) is 23.5 Å². The van der Waals surface area contributed by atoms with Gasteiger partial charge in [0.2, 0.25) is 0 Å². The van der Waals surface area contributed by atoms with Crippen molar-refractivity contribution in [1.82, 2.24) is 0 Å². The quantitative estimate of drug-likeness (QED) is 0.812. The summed E-state index contributed by atoms with van der Waals surface area (Å²) in [4.78, 5) is 11.1. The fourth-order valence-electron chi connectivity index (χ4n) is 1.37. The van der Waals surface area contributed by atoms with Crippen molar-refractivity contribution in [2.45, 2.75) is 6.92 Å². The molecule has 15 heavy (non-hydrogen) atoms. The normalized spacial score (nSPS) is 9.93. The van der Waals surface area contributed by atoms with Crippen LogP contribution in [0.1, 0.15) is 5.76 Å². The number of rotatable bonds is 2. The zero-order chi connectivity index (χ0) is 10.7. The molecular weight excluding hydrogens is 190 g/mol. The summed E-state index contributed by atoms with van der Waals surface area (Å²) >= 11 is 0. The van der Waals surface area contributed by atoms with E-state index in [9.17, 15) is 4.79 Å². The van der Waals surface area contributed by atoms with Crippen LogP contribution in [-0.2, 0) is 0 Å². The summed E-state index contributed by atoms with van der Waals surface area (Å²) < 4.78 is 4.86. The van der Waals surface area contributed by atoms with Crippen molar-refractivity contribution in [3.63, 3.8) is 0 Å². The van der Waals surface area contributed by atoms with Crippen LogP contribution in [0.2, 0.25) is 0 Å². The fourth-order valence-corrected chi connectivity index (χ4v) is 1.37. The van der Waals surface area contributed by atoms with Crippen molar-refractivity contribution in [2.24, 2.45) is 0 Å². The topological polar surface area (TPSA) is 42.2 Å². The maximum atomic E-state index is 11.1. The van der Waals surface area contributed by atoms with Gasteiger partial charge < -0.3 is 9.73 Å². The van der Waals surface area contributed by atoms with E-state index in [1.54, 1.807) is 13.0 Å². The molecule has 1 N–H and O–H groups in total. The number of nitrogens with one attached hydrogen (secondary N) is 1. The minimum Gasteiger partial charge on any atom is -0.428 e. The summed E-state index contributed by atoms with van der Waals surface area (Å²) in [5.41, 5.74) is 1.35. The predicted octanol–water partition coefficient (Wildman–Crippen LogP) is 2.69. The third kappa shape index (κ3) is 2.47. The van der Waals surface area contributed by atoms with Crippen molar-refractivity contribution in [2.75, 3.05) is 5.32 Å². The molecule has 0 aliphatic carbocycles. The first-order valence-corrected chi connectivity index (χ1v) is 4.68. The Balaban J connectivity index is 2.29. The van der Waals surface area contributed by atoms with Crippen LogP contribution in [0.25, 0.3) is 0 Å². The minimum absolute atomic E-state index is 0.339. The lowest BCUT2D eigenvalue weighted by Crippen LogP contribution is -2.00. The summed E-state index contributed by atoms with van der Waals surface area (Å²) in [5.74, 6) is 0.598. The van der Waals surface area contributed by atoms with Crippen LogP contribution in [0.3, 0.4) is 0 Å². The van der Waals surface area contributed by atoms with Gasteiger partial charge >= 0.3 is 5.63 Å². The number of para-hydroxylation sites is 1. The minimum atomic E-state index is -0.339. The van der Waals surface area contributed by atoms with Crippen molar-refractivity contribution < 1.29 is 4.42 Å². The second-order valence-corrected chi connectivity index (χ2v) is 3.27. The summed E-state index contributed by atoms with van der Waals surface area (Å²) in [5, 5.41) is 3.13. The Morgan fingerprint density at radius 1 is 1.07 bits per heavy atom. The third-order valence-corrected chi connectivity index (χ3v) is 1.96. The average molecular weight is 201 g/mol. The van der Waals surface area contributed by atoms with E-state index >= 15 is 0 Å². The molecule has 0 aliphatic rings. The van der Waals surface area contributed by atoms with Crippen LogP contribution >= 0.6 is 0 Å². The summed E-state index contributed by atoms with van der Waals surface area (Å²) in [6.45, 7) is 1.75. The Hall–Kier alpha value is -2.03. The highest BCUT2D eigenvalue weighted by molar-refractivity contribution is 5.58. The Labute approximate surface area is 87.4 Å². The van der Waals surface area contributed by atoms with E-state index < -0.39 is 0 Å². The van der Waals surface area contributed by atoms with Crippen molar-refractivity contribution in [3.05, 3.63) is 58.6 Å². The van der Waals surface area contributed by atoms with E-state index in [2.05, 4.69) is 5.32 Å². The standard InChI is InChI=1S/C12H11NO2/c1-9-7-11(8-12(14)15-9)13-10-5-3-2-4-6-10/h2-8,13H,1H3. The monoisotopic (exact) mass is 201 g/mol. The highest BCUT2D eigenvalue weighted by Gasteiger charge is 1.97. The van der Waals surface area contributed by atoms with Gasteiger partial charge in [-0.05, 0) is 19.1 Å². The first kappa shape index (κ1) is 9.52. The van der Waals surface area contributed by atoms with Gasteiger partial charge in [-0.3, -0.25) is 0 Å². The molecule has 0 atom stereocenters. The second-order valence-electron chi connectivity index (χ2n) is 3.27. The van der Waals surface area contributed by atoms with Crippen LogP contribution in [0.15, 0.2) is 51.7 Å². The molecule has 3 nitrogen and oxygen atoms in total. The number of benzene rings is 1. The zero-order valence-corrected chi connectivity index (χ0v) is 8.36. The molecule has 3 heteroatoms. The molecule has 1 aromatic heterocycles. The van der Waals surface area contributed by atoms with E-state index in [1.165, 1.54) is 6.07 Å². The van der Waals surface area contributed by atoms with E-state index in [4.69, 9.17) is 4.42 Å². The molecule has 0 spiro atoms. The number of hydrogen-bond donors (Lipinski definition) is 1. The maximum absolute atomic E-state index is 11.1. The Bertz CT molecular complexity index is 503. The van der Waals surface area contributed by atoms with Crippen LogP contribution in [-0.4, -0.2) is 0 Å². The number of hydrogen-bond acceptors (Lipinski definition) is 3. The van der Waals surface area contributed by atoms with Gasteiger partial charge in [-0.1, -0.05) is 18.2 Å². The van der Waals surface area contributed by atoms with Gasteiger partial charge in [0.05, 0.1) is 0 Å². The molecule has 0 unspecified atom stereocenters. The largest absolute Gasteiger partial charge is 0.428 e. The molecule has 0 fully saturated rings. The molecule has 0 bridgehead atoms. The molecule has 2 rings (SSSR count). The molecule has 0 saturated heterocycles. The third-order valence-electron chi connectivity index (χ3n) is 1.96. The molecule has 0 amide bonds. The first-order chi connectivity index (χ1) is 7.24. The highest BCUT2D eigenvalue weighted by Crippen LogP contribution is 2.14. The van der Waals surface area contributed by atoms with Gasteiger partial charge in [-0.2, -0.15) is 0 Å². The lowest BCUT2D eigenvalue weighted by Gasteiger charge is -2.05. The van der Waals surface area contributed by atoms with Gasteiger partial charge in [0.1, 0.15) is 5.76 Å². The molecule has 0 aliphatic heterocycles. The Morgan fingerprint density at radius 2 is 1.80 bits per heavy atom. The van der Waals surface area contributed by atoms with Gasteiger partial charge in [0.15, 0.2) is 0 Å².